The molecule has 0 atom stereocenters. The van der Waals surface area contributed by atoms with Gasteiger partial charge >= 0.3 is 0 Å². The van der Waals surface area contributed by atoms with Crippen LogP contribution < -0.4 is 0 Å². The van der Waals surface area contributed by atoms with Crippen LogP contribution in [0.4, 0.5) is 0 Å². The second-order valence-corrected chi connectivity index (χ2v) is 7.52. The van der Waals surface area contributed by atoms with Crippen molar-refractivity contribution < 1.29 is 4.84 Å². The summed E-state index contributed by atoms with van der Waals surface area (Å²) in [6.07, 6.45) is 3.32. The molecule has 3 nitrogen and oxygen atoms in total. The van der Waals surface area contributed by atoms with Crippen LogP contribution in [0.25, 0.3) is 0 Å². The van der Waals surface area contributed by atoms with Crippen LogP contribution in [-0.2, 0) is 11.4 Å². The highest BCUT2D eigenvalue weighted by atomic mass is 35.5. The number of benzene rings is 2. The lowest BCUT2D eigenvalue weighted by Crippen LogP contribution is -1.90. The van der Waals surface area contributed by atoms with Crippen LogP contribution in [-0.4, -0.2) is 11.2 Å². The molecule has 3 rings (SSSR count). The SMILES string of the molecule is Clc1ccc(CON=Cc2ccc(Sc3ccccc3Cl)nc2)c(Cl)c1. The van der Waals surface area contributed by atoms with E-state index < -0.39 is 0 Å². The Balaban J connectivity index is 1.55. The van der Waals surface area contributed by atoms with Crippen molar-refractivity contribution in [2.45, 2.75) is 16.5 Å². The zero-order valence-electron chi connectivity index (χ0n) is 13.4. The Kier molecular flexibility index (Phi) is 6.80. The van der Waals surface area contributed by atoms with E-state index in [1.165, 1.54) is 11.8 Å². The predicted molar refractivity (Wildman–Crippen MR) is 109 cm³/mol. The van der Waals surface area contributed by atoms with E-state index in [4.69, 9.17) is 39.6 Å². The van der Waals surface area contributed by atoms with Gasteiger partial charge in [0.1, 0.15) is 11.6 Å². The summed E-state index contributed by atoms with van der Waals surface area (Å²) >= 11 is 19.6. The molecule has 7 heteroatoms. The highest BCUT2D eigenvalue weighted by Gasteiger charge is 2.03. The van der Waals surface area contributed by atoms with Gasteiger partial charge in [-0.1, -0.05) is 69.9 Å². The summed E-state index contributed by atoms with van der Waals surface area (Å²) in [5, 5.41) is 6.64. The topological polar surface area (TPSA) is 34.5 Å². The fraction of sp³-hybridized carbons (Fsp3) is 0.0526. The Morgan fingerprint density at radius 2 is 1.85 bits per heavy atom. The molecule has 3 aromatic rings. The molecule has 0 saturated heterocycles. The van der Waals surface area contributed by atoms with Crippen LogP contribution in [0.3, 0.4) is 0 Å². The third kappa shape index (κ3) is 5.39. The first-order valence-corrected chi connectivity index (χ1v) is 9.54. The maximum absolute atomic E-state index is 6.16. The standard InChI is InChI=1S/C19H13Cl3N2OS/c20-15-7-6-14(17(22)9-15)12-25-24-11-13-5-8-19(23-10-13)26-18-4-2-1-3-16(18)21/h1-11H,12H2. The lowest BCUT2D eigenvalue weighted by atomic mass is 10.2. The number of nitrogens with zero attached hydrogens (tertiary/aromatic N) is 2. The van der Waals surface area contributed by atoms with Crippen LogP contribution >= 0.6 is 46.6 Å². The van der Waals surface area contributed by atoms with Crippen molar-refractivity contribution in [1.82, 2.24) is 4.98 Å². The second-order valence-electron chi connectivity index (χ2n) is 5.21. The van der Waals surface area contributed by atoms with Gasteiger partial charge in [-0.15, -0.1) is 0 Å². The first kappa shape index (κ1) is 19.1. The fourth-order valence-corrected chi connectivity index (χ4v) is 3.51. The van der Waals surface area contributed by atoms with E-state index in [9.17, 15) is 0 Å². The van der Waals surface area contributed by atoms with Gasteiger partial charge in [0.05, 0.1) is 11.2 Å². The maximum Gasteiger partial charge on any atom is 0.143 e. The number of aromatic nitrogens is 1. The lowest BCUT2D eigenvalue weighted by Gasteiger charge is -2.04. The number of hydrogen-bond acceptors (Lipinski definition) is 4. The van der Waals surface area contributed by atoms with Gasteiger partial charge in [0.15, 0.2) is 0 Å². The van der Waals surface area contributed by atoms with Crippen molar-refractivity contribution in [3.05, 3.63) is 87.0 Å². The van der Waals surface area contributed by atoms with Crippen molar-refractivity contribution in [2.75, 3.05) is 0 Å². The molecule has 0 amide bonds. The van der Waals surface area contributed by atoms with E-state index in [1.54, 1.807) is 24.5 Å². The molecule has 0 aliphatic rings. The van der Waals surface area contributed by atoms with Gasteiger partial charge in [-0.3, -0.25) is 0 Å². The highest BCUT2D eigenvalue weighted by Crippen LogP contribution is 2.31. The molecule has 0 aliphatic carbocycles. The summed E-state index contributed by atoms with van der Waals surface area (Å²) in [4.78, 5) is 10.6. The maximum atomic E-state index is 6.16. The smallest absolute Gasteiger partial charge is 0.143 e. The number of rotatable bonds is 6. The average molecular weight is 424 g/mol. The van der Waals surface area contributed by atoms with Crippen LogP contribution in [0.15, 0.2) is 75.9 Å². The Morgan fingerprint density at radius 3 is 2.58 bits per heavy atom. The van der Waals surface area contributed by atoms with Crippen LogP contribution in [0, 0.1) is 0 Å². The lowest BCUT2D eigenvalue weighted by molar-refractivity contribution is 0.132. The van der Waals surface area contributed by atoms with Crippen molar-refractivity contribution in [3.63, 3.8) is 0 Å². The molecular weight excluding hydrogens is 411 g/mol. The van der Waals surface area contributed by atoms with E-state index in [0.29, 0.717) is 15.1 Å². The van der Waals surface area contributed by atoms with Crippen LogP contribution in [0.2, 0.25) is 15.1 Å². The molecule has 0 unspecified atom stereocenters. The van der Waals surface area contributed by atoms with E-state index in [2.05, 4.69) is 10.1 Å². The molecule has 0 bridgehead atoms. The van der Waals surface area contributed by atoms with Gasteiger partial charge in [-0.25, -0.2) is 4.98 Å². The fourth-order valence-electron chi connectivity index (χ4n) is 2.01. The third-order valence-corrected chi connectivity index (χ3v) is 5.38. The molecule has 0 saturated carbocycles. The van der Waals surface area contributed by atoms with Gasteiger partial charge in [-0.2, -0.15) is 0 Å². The molecular formula is C19H13Cl3N2OS. The third-order valence-electron chi connectivity index (χ3n) is 3.32. The first-order valence-electron chi connectivity index (χ1n) is 7.59. The Bertz CT molecular complexity index is 917. The summed E-state index contributed by atoms with van der Waals surface area (Å²) in [7, 11) is 0. The van der Waals surface area contributed by atoms with Crippen molar-refractivity contribution in [2.24, 2.45) is 5.16 Å². The zero-order chi connectivity index (χ0) is 18.4. The number of halogens is 3. The van der Waals surface area contributed by atoms with Gasteiger partial charge in [0.2, 0.25) is 0 Å². The van der Waals surface area contributed by atoms with Crippen LogP contribution in [0.5, 0.6) is 0 Å². The number of oxime groups is 1. The predicted octanol–water partition coefficient (Wildman–Crippen LogP) is 6.74. The Hall–Kier alpha value is -1.72. The van der Waals surface area contributed by atoms with E-state index >= 15 is 0 Å². The Labute approximate surface area is 170 Å². The Morgan fingerprint density at radius 1 is 1.00 bits per heavy atom. The summed E-state index contributed by atoms with van der Waals surface area (Å²) in [5.74, 6) is 0. The van der Waals surface area contributed by atoms with Crippen molar-refractivity contribution in [1.29, 1.82) is 0 Å². The number of pyridine rings is 1. The molecule has 1 aromatic heterocycles. The minimum absolute atomic E-state index is 0.264. The zero-order valence-corrected chi connectivity index (χ0v) is 16.5. The highest BCUT2D eigenvalue weighted by molar-refractivity contribution is 7.99. The van der Waals surface area contributed by atoms with Gasteiger partial charge in [-0.05, 0) is 36.4 Å². The monoisotopic (exact) mass is 422 g/mol. The normalized spacial score (nSPS) is 11.0. The van der Waals surface area contributed by atoms with Crippen molar-refractivity contribution in [3.8, 4) is 0 Å². The number of hydrogen-bond donors (Lipinski definition) is 0. The van der Waals surface area contributed by atoms with E-state index in [-0.39, 0.29) is 6.61 Å². The quantitative estimate of drug-likeness (QED) is 0.325. The summed E-state index contributed by atoms with van der Waals surface area (Å²) in [6.45, 7) is 0.264. The van der Waals surface area contributed by atoms with Gasteiger partial charge in [0, 0.05) is 32.3 Å². The molecule has 2 aromatic carbocycles. The molecule has 26 heavy (non-hydrogen) atoms. The first-order chi connectivity index (χ1) is 12.6. The van der Waals surface area contributed by atoms with Gasteiger partial charge < -0.3 is 4.84 Å². The molecule has 0 fully saturated rings. The second kappa shape index (κ2) is 9.28. The molecule has 0 N–H and O–H groups in total. The van der Waals surface area contributed by atoms with E-state index in [0.717, 1.165) is 21.0 Å². The van der Waals surface area contributed by atoms with Gasteiger partial charge in [0.25, 0.3) is 0 Å². The molecule has 0 aliphatic heterocycles. The summed E-state index contributed by atoms with van der Waals surface area (Å²) < 4.78 is 0. The summed E-state index contributed by atoms with van der Waals surface area (Å²) in [5.41, 5.74) is 1.65. The molecule has 1 heterocycles. The van der Waals surface area contributed by atoms with Crippen LogP contribution in [0.1, 0.15) is 11.1 Å². The average Bonchev–Trinajstić information content (AvgIpc) is 2.63. The van der Waals surface area contributed by atoms with E-state index in [1.807, 2.05) is 42.5 Å². The minimum Gasteiger partial charge on any atom is -0.391 e. The minimum atomic E-state index is 0.264. The molecule has 132 valence electrons. The molecule has 0 radical (unpaired) electrons. The molecule has 0 spiro atoms. The van der Waals surface area contributed by atoms with Crippen molar-refractivity contribution >= 4 is 52.8 Å². The largest absolute Gasteiger partial charge is 0.391 e. The summed E-state index contributed by atoms with van der Waals surface area (Å²) in [6, 6.07) is 16.7.